The Morgan fingerprint density at radius 1 is 0.667 bits per heavy atom. The summed E-state index contributed by atoms with van der Waals surface area (Å²) in [6, 6.07) is 1.30. The van der Waals surface area contributed by atoms with Gasteiger partial charge in [0.2, 0.25) is 0 Å². The average Bonchev–Trinajstić information content (AvgIpc) is 3.23. The van der Waals surface area contributed by atoms with Gasteiger partial charge in [-0.25, -0.2) is 9.59 Å². The second kappa shape index (κ2) is 24.3. The first-order valence-electron chi connectivity index (χ1n) is 24.3. The van der Waals surface area contributed by atoms with Gasteiger partial charge >= 0.3 is 12.2 Å². The van der Waals surface area contributed by atoms with Crippen LogP contribution in [0.15, 0.2) is 10.2 Å². The van der Waals surface area contributed by atoms with Gasteiger partial charge < -0.3 is 30.3 Å². The summed E-state index contributed by atoms with van der Waals surface area (Å²) in [6.07, 6.45) is 16.7. The summed E-state index contributed by atoms with van der Waals surface area (Å²) in [4.78, 5) is 50.3. The normalized spacial score (nSPS) is 27.2. The molecule has 6 fully saturated rings. The standard InChI is InChI=1S/C23H42N6O2.C16H28N2O3.C7H14N4/c1-22(2,3)31-21(30)28-15-11-23(4,12-16-28)29-13-9-19(10-14-29)26-20-8-6-5-7-18(20)17-25-27-24;1-15(2,3)21-14(20)17-11-7-16(4,8-12-17)18-9-5-13(19)6-10-18;8-7-4-2-1-3-6(7)5-10-11-9/h18-20,26H,5-17H2,1-4H3;5-12H2,1-4H3;6-7H,1-5,8H2/t18-,20+;;6-,7+/m1.1/s1. The molecular weight excluding hydrogens is 801 g/mol. The maximum absolute atomic E-state index is 12.4. The van der Waals surface area contributed by atoms with Crippen molar-refractivity contribution >= 4 is 18.0 Å². The fourth-order valence-electron chi connectivity index (χ4n) is 10.2. The predicted molar refractivity (Wildman–Crippen MR) is 248 cm³/mol. The third kappa shape index (κ3) is 17.2. The van der Waals surface area contributed by atoms with Crippen molar-refractivity contribution in [3.8, 4) is 0 Å². The number of carbonyl (C=O) groups is 3. The molecule has 0 unspecified atom stereocenters. The van der Waals surface area contributed by atoms with Gasteiger partial charge in [0.1, 0.15) is 17.0 Å². The van der Waals surface area contributed by atoms with E-state index in [1.807, 2.05) is 51.3 Å². The number of hydrogen-bond donors (Lipinski definition) is 2. The number of carbonyl (C=O) groups excluding carboxylic acids is 3. The number of nitrogens with two attached hydrogens (primary N) is 1. The lowest BCUT2D eigenvalue weighted by Crippen LogP contribution is -2.58. The largest absolute Gasteiger partial charge is 0.444 e. The molecular formula is C46H84N12O5. The molecule has 2 aliphatic carbocycles. The first-order valence-corrected chi connectivity index (χ1v) is 24.3. The van der Waals surface area contributed by atoms with Gasteiger partial charge in [0.15, 0.2) is 0 Å². The van der Waals surface area contributed by atoms with Crippen LogP contribution in [0.3, 0.4) is 0 Å². The van der Waals surface area contributed by atoms with Crippen LogP contribution in [-0.4, -0.2) is 143 Å². The zero-order valence-electron chi connectivity index (χ0n) is 40.4. The van der Waals surface area contributed by atoms with E-state index in [4.69, 9.17) is 26.3 Å². The third-order valence-electron chi connectivity index (χ3n) is 14.4. The van der Waals surface area contributed by atoms with Crippen LogP contribution < -0.4 is 11.1 Å². The lowest BCUT2D eigenvalue weighted by Gasteiger charge is -2.49. The summed E-state index contributed by atoms with van der Waals surface area (Å²) in [5.41, 5.74) is 22.0. The molecule has 2 saturated carbocycles. The van der Waals surface area contributed by atoms with E-state index in [0.717, 1.165) is 104 Å². The molecule has 358 valence electrons. The van der Waals surface area contributed by atoms with Crippen molar-refractivity contribution in [3.63, 3.8) is 0 Å². The van der Waals surface area contributed by atoms with E-state index in [9.17, 15) is 14.4 Å². The van der Waals surface area contributed by atoms with Crippen molar-refractivity contribution in [1.29, 1.82) is 0 Å². The second-order valence-electron chi connectivity index (χ2n) is 21.6. The molecule has 6 rings (SSSR count). The topological polar surface area (TPSA) is 218 Å². The number of ketones is 1. The quantitative estimate of drug-likeness (QED) is 0.135. The fourth-order valence-corrected chi connectivity index (χ4v) is 10.2. The second-order valence-corrected chi connectivity index (χ2v) is 21.6. The average molecular weight is 885 g/mol. The maximum atomic E-state index is 12.4. The molecule has 17 heteroatoms. The lowest BCUT2D eigenvalue weighted by molar-refractivity contribution is -0.123. The van der Waals surface area contributed by atoms with E-state index >= 15 is 0 Å². The summed E-state index contributed by atoms with van der Waals surface area (Å²) >= 11 is 0. The summed E-state index contributed by atoms with van der Waals surface area (Å²) in [5.74, 6) is 1.29. The number of likely N-dealkylation sites (tertiary alicyclic amines) is 4. The number of nitrogens with one attached hydrogen (secondary N) is 1. The van der Waals surface area contributed by atoms with Gasteiger partial charge in [0.05, 0.1) is 0 Å². The van der Waals surface area contributed by atoms with Crippen LogP contribution in [0, 0.1) is 11.8 Å². The Balaban J connectivity index is 0.000000233. The number of rotatable bonds is 8. The minimum Gasteiger partial charge on any atom is -0.444 e. The predicted octanol–water partition coefficient (Wildman–Crippen LogP) is 8.95. The van der Waals surface area contributed by atoms with Gasteiger partial charge in [0, 0.05) is 117 Å². The third-order valence-corrected chi connectivity index (χ3v) is 14.4. The van der Waals surface area contributed by atoms with Gasteiger partial charge in [-0.05, 0) is 142 Å². The first kappa shape index (κ1) is 52.3. The van der Waals surface area contributed by atoms with Crippen LogP contribution in [0.2, 0.25) is 0 Å². The van der Waals surface area contributed by atoms with Gasteiger partial charge in [-0.3, -0.25) is 14.6 Å². The van der Waals surface area contributed by atoms with Gasteiger partial charge in [-0.15, -0.1) is 0 Å². The summed E-state index contributed by atoms with van der Waals surface area (Å²) in [6.45, 7) is 24.2. The van der Waals surface area contributed by atoms with Crippen molar-refractivity contribution in [2.24, 2.45) is 27.8 Å². The molecule has 63 heavy (non-hydrogen) atoms. The molecule has 17 nitrogen and oxygen atoms in total. The van der Waals surface area contributed by atoms with Crippen molar-refractivity contribution in [2.45, 2.75) is 199 Å². The number of amides is 2. The highest BCUT2D eigenvalue weighted by molar-refractivity contribution is 5.79. The zero-order chi connectivity index (χ0) is 46.3. The number of hydrogen-bond acceptors (Lipinski definition) is 11. The highest BCUT2D eigenvalue weighted by Crippen LogP contribution is 2.34. The molecule has 4 heterocycles. The molecule has 3 N–H and O–H groups in total. The van der Waals surface area contributed by atoms with E-state index in [2.05, 4.69) is 49.0 Å². The van der Waals surface area contributed by atoms with Crippen molar-refractivity contribution in [3.05, 3.63) is 20.9 Å². The smallest absolute Gasteiger partial charge is 0.410 e. The molecule has 0 bridgehead atoms. The van der Waals surface area contributed by atoms with E-state index < -0.39 is 11.2 Å². The SMILES string of the molecule is CC(C)(C)OC(=O)N1CCC(C)(N2CCC(=O)CC2)CC1.CC(C)(C)OC(=O)N1CCC(C)(N2CCC(N[C@H]3CCCC[C@@H]3CN=[N+]=[N-])CC2)CC1.[N-]=[N+]=NC[C@H]1CCCC[C@@H]1N. The van der Waals surface area contributed by atoms with Crippen LogP contribution in [0.4, 0.5) is 9.59 Å². The molecule has 0 aromatic heterocycles. The van der Waals surface area contributed by atoms with E-state index in [1.165, 1.54) is 38.5 Å². The van der Waals surface area contributed by atoms with Crippen molar-refractivity contribution in [1.82, 2.24) is 24.9 Å². The Hall–Kier alpha value is -3.33. The van der Waals surface area contributed by atoms with Gasteiger partial charge in [-0.2, -0.15) is 0 Å². The number of ether oxygens (including phenoxy) is 2. The summed E-state index contributed by atoms with van der Waals surface area (Å²) < 4.78 is 11.0. The molecule has 0 spiro atoms. The van der Waals surface area contributed by atoms with E-state index in [-0.39, 0.29) is 29.3 Å². The summed E-state index contributed by atoms with van der Waals surface area (Å²) in [7, 11) is 0. The Morgan fingerprint density at radius 3 is 1.52 bits per heavy atom. The molecule has 4 saturated heterocycles. The van der Waals surface area contributed by atoms with E-state index in [1.54, 1.807) is 0 Å². The number of nitrogens with zero attached hydrogens (tertiary/aromatic N) is 10. The van der Waals surface area contributed by atoms with Crippen molar-refractivity contribution in [2.75, 3.05) is 65.4 Å². The number of piperidine rings is 4. The minimum absolute atomic E-state index is 0.110. The molecule has 0 aromatic rings. The molecule has 4 aliphatic heterocycles. The highest BCUT2D eigenvalue weighted by atomic mass is 16.6. The first-order chi connectivity index (χ1) is 29.7. The van der Waals surface area contributed by atoms with Crippen molar-refractivity contribution < 1.29 is 23.9 Å². The van der Waals surface area contributed by atoms with E-state index in [0.29, 0.717) is 55.6 Å². The number of azide groups is 2. The molecule has 4 atom stereocenters. The van der Waals surface area contributed by atoms with Crippen LogP contribution in [0.25, 0.3) is 20.9 Å². The van der Waals surface area contributed by atoms with Crippen LogP contribution in [-0.2, 0) is 14.3 Å². The van der Waals surface area contributed by atoms with Crippen LogP contribution in [0.5, 0.6) is 0 Å². The minimum atomic E-state index is -0.439. The lowest BCUT2D eigenvalue weighted by atomic mass is 9.83. The molecule has 6 aliphatic rings. The van der Waals surface area contributed by atoms with Crippen LogP contribution >= 0.6 is 0 Å². The van der Waals surface area contributed by atoms with Crippen LogP contribution in [0.1, 0.15) is 158 Å². The number of Topliss-reactive ketones (excluding diaryl/α,β-unsaturated/α-hetero) is 1. The zero-order valence-corrected chi connectivity index (χ0v) is 40.4. The molecule has 0 aromatic carbocycles. The maximum Gasteiger partial charge on any atom is 0.410 e. The molecule has 2 amide bonds. The summed E-state index contributed by atoms with van der Waals surface area (Å²) in [5, 5.41) is 11.3. The monoisotopic (exact) mass is 885 g/mol. The van der Waals surface area contributed by atoms with Gasteiger partial charge in [0.25, 0.3) is 0 Å². The highest BCUT2D eigenvalue weighted by Gasteiger charge is 2.41. The Labute approximate surface area is 378 Å². The fraction of sp³-hybridized carbons (Fsp3) is 0.935. The van der Waals surface area contributed by atoms with Gasteiger partial charge in [-0.1, -0.05) is 35.9 Å². The Kier molecular flexibility index (Phi) is 20.1. The molecule has 0 radical (unpaired) electrons. The Bertz CT molecular complexity index is 1540. The Morgan fingerprint density at radius 2 is 1.08 bits per heavy atom.